The van der Waals surface area contributed by atoms with Crippen LogP contribution in [0.1, 0.15) is 43.8 Å². The Labute approximate surface area is 104 Å². The van der Waals surface area contributed by atoms with E-state index in [2.05, 4.69) is 31.7 Å². The van der Waals surface area contributed by atoms with Crippen LogP contribution < -0.4 is 11.3 Å². The molecular weight excluding hydrogens is 270 g/mol. The van der Waals surface area contributed by atoms with Gasteiger partial charge in [0.15, 0.2) is 4.60 Å². The molecule has 1 aliphatic rings. The van der Waals surface area contributed by atoms with Crippen LogP contribution in [0.3, 0.4) is 0 Å². The van der Waals surface area contributed by atoms with Crippen LogP contribution in [-0.4, -0.2) is 15.0 Å². The normalized spacial score (nSPS) is 19.2. The standard InChI is InChI=1S/C10H18BrN5/c1-16-9(10(11)14-15-16)8(13-12)6-7-4-2-3-5-7/h7-8,13H,2-6,12H2,1H3. The van der Waals surface area contributed by atoms with E-state index < -0.39 is 0 Å². The summed E-state index contributed by atoms with van der Waals surface area (Å²) in [5.41, 5.74) is 3.92. The first-order chi connectivity index (χ1) is 7.72. The second-order valence-electron chi connectivity index (χ2n) is 4.49. The van der Waals surface area contributed by atoms with Gasteiger partial charge in [0, 0.05) is 7.05 Å². The van der Waals surface area contributed by atoms with Gasteiger partial charge in [-0.1, -0.05) is 30.9 Å². The maximum Gasteiger partial charge on any atom is 0.153 e. The third kappa shape index (κ3) is 2.44. The quantitative estimate of drug-likeness (QED) is 0.653. The maximum absolute atomic E-state index is 5.64. The summed E-state index contributed by atoms with van der Waals surface area (Å²) in [6, 6.07) is 0.137. The summed E-state index contributed by atoms with van der Waals surface area (Å²) in [6.45, 7) is 0. The van der Waals surface area contributed by atoms with E-state index in [-0.39, 0.29) is 6.04 Å². The van der Waals surface area contributed by atoms with Gasteiger partial charge in [-0.25, -0.2) is 4.68 Å². The Morgan fingerprint density at radius 1 is 1.56 bits per heavy atom. The first-order valence-electron chi connectivity index (χ1n) is 5.73. The average molecular weight is 288 g/mol. The van der Waals surface area contributed by atoms with Crippen molar-refractivity contribution < 1.29 is 0 Å². The molecule has 5 nitrogen and oxygen atoms in total. The summed E-state index contributed by atoms with van der Waals surface area (Å²) in [7, 11) is 1.89. The van der Waals surface area contributed by atoms with E-state index in [1.54, 1.807) is 4.68 Å². The molecule has 0 bridgehead atoms. The van der Waals surface area contributed by atoms with E-state index in [0.717, 1.165) is 22.6 Å². The second-order valence-corrected chi connectivity index (χ2v) is 5.25. The molecule has 0 saturated heterocycles. The SMILES string of the molecule is Cn1nnc(Br)c1C(CC1CCCC1)NN. The van der Waals surface area contributed by atoms with Crippen molar-refractivity contribution in [3.8, 4) is 0 Å². The van der Waals surface area contributed by atoms with Crippen molar-refractivity contribution in [1.82, 2.24) is 20.4 Å². The summed E-state index contributed by atoms with van der Waals surface area (Å²) in [4.78, 5) is 0. The van der Waals surface area contributed by atoms with Crippen molar-refractivity contribution in [3.05, 3.63) is 10.3 Å². The summed E-state index contributed by atoms with van der Waals surface area (Å²) < 4.78 is 2.57. The zero-order valence-electron chi connectivity index (χ0n) is 9.49. The highest BCUT2D eigenvalue weighted by atomic mass is 79.9. The Morgan fingerprint density at radius 2 is 2.25 bits per heavy atom. The molecule has 3 N–H and O–H groups in total. The third-order valence-electron chi connectivity index (χ3n) is 3.40. The van der Waals surface area contributed by atoms with Crippen molar-refractivity contribution in [1.29, 1.82) is 0 Å². The molecule has 1 aliphatic carbocycles. The van der Waals surface area contributed by atoms with Crippen LogP contribution in [0.25, 0.3) is 0 Å². The number of hydrazine groups is 1. The molecule has 1 heterocycles. The molecule has 0 amide bonds. The van der Waals surface area contributed by atoms with Gasteiger partial charge in [-0.3, -0.25) is 11.3 Å². The van der Waals surface area contributed by atoms with E-state index in [1.165, 1.54) is 25.7 Å². The molecular formula is C10H18BrN5. The number of hydrogen-bond acceptors (Lipinski definition) is 4. The average Bonchev–Trinajstić information content (AvgIpc) is 2.87. The largest absolute Gasteiger partial charge is 0.271 e. The number of hydrogen-bond donors (Lipinski definition) is 2. The fourth-order valence-corrected chi connectivity index (χ4v) is 3.15. The van der Waals surface area contributed by atoms with Gasteiger partial charge < -0.3 is 0 Å². The Bertz CT molecular complexity index is 325. The van der Waals surface area contributed by atoms with Gasteiger partial charge in [0.2, 0.25) is 0 Å². The van der Waals surface area contributed by atoms with Crippen LogP contribution in [0.2, 0.25) is 0 Å². The summed E-state index contributed by atoms with van der Waals surface area (Å²) in [5.74, 6) is 6.42. The molecule has 0 spiro atoms. The molecule has 1 unspecified atom stereocenters. The van der Waals surface area contributed by atoms with E-state index in [4.69, 9.17) is 5.84 Å². The number of halogens is 1. The molecule has 0 aliphatic heterocycles. The van der Waals surface area contributed by atoms with Gasteiger partial charge in [0.05, 0.1) is 11.7 Å². The van der Waals surface area contributed by atoms with Gasteiger partial charge in [-0.05, 0) is 28.3 Å². The molecule has 2 rings (SSSR count). The molecule has 6 heteroatoms. The number of nitrogens with one attached hydrogen (secondary N) is 1. The molecule has 0 radical (unpaired) electrons. The van der Waals surface area contributed by atoms with Crippen LogP contribution in [0.5, 0.6) is 0 Å². The lowest BCUT2D eigenvalue weighted by molar-refractivity contribution is 0.383. The van der Waals surface area contributed by atoms with E-state index in [0.29, 0.717) is 0 Å². The van der Waals surface area contributed by atoms with Crippen molar-refractivity contribution in [2.75, 3.05) is 0 Å². The lowest BCUT2D eigenvalue weighted by Crippen LogP contribution is -2.31. The Kier molecular flexibility index (Phi) is 3.94. The third-order valence-corrected chi connectivity index (χ3v) is 3.97. The van der Waals surface area contributed by atoms with Crippen LogP contribution in [0.15, 0.2) is 4.60 Å². The molecule has 1 aromatic rings. The van der Waals surface area contributed by atoms with E-state index in [1.807, 2.05) is 7.05 Å². The summed E-state index contributed by atoms with van der Waals surface area (Å²) in [6.07, 6.45) is 6.41. The topological polar surface area (TPSA) is 68.8 Å². The lowest BCUT2D eigenvalue weighted by Gasteiger charge is -2.19. The van der Waals surface area contributed by atoms with Crippen molar-refractivity contribution in [2.45, 2.75) is 38.1 Å². The summed E-state index contributed by atoms with van der Waals surface area (Å²) >= 11 is 3.42. The zero-order valence-corrected chi connectivity index (χ0v) is 11.1. The van der Waals surface area contributed by atoms with Crippen LogP contribution in [-0.2, 0) is 7.05 Å². The Hall–Kier alpha value is -0.460. The highest BCUT2D eigenvalue weighted by Gasteiger charge is 2.24. The van der Waals surface area contributed by atoms with Crippen molar-refractivity contribution >= 4 is 15.9 Å². The van der Waals surface area contributed by atoms with Gasteiger partial charge in [-0.2, -0.15) is 0 Å². The van der Waals surface area contributed by atoms with E-state index in [9.17, 15) is 0 Å². The van der Waals surface area contributed by atoms with Gasteiger partial charge in [-0.15, -0.1) is 5.10 Å². The van der Waals surface area contributed by atoms with Gasteiger partial charge >= 0.3 is 0 Å². The number of aromatic nitrogens is 3. The highest BCUT2D eigenvalue weighted by molar-refractivity contribution is 9.10. The minimum Gasteiger partial charge on any atom is -0.271 e. The second kappa shape index (κ2) is 5.25. The molecule has 0 aromatic carbocycles. The maximum atomic E-state index is 5.64. The molecule has 1 aromatic heterocycles. The number of nitrogens with zero attached hydrogens (tertiary/aromatic N) is 3. The van der Waals surface area contributed by atoms with Crippen LogP contribution >= 0.6 is 15.9 Å². The van der Waals surface area contributed by atoms with Crippen LogP contribution in [0.4, 0.5) is 0 Å². The first-order valence-corrected chi connectivity index (χ1v) is 6.53. The molecule has 1 saturated carbocycles. The minimum atomic E-state index is 0.137. The molecule has 16 heavy (non-hydrogen) atoms. The fourth-order valence-electron chi connectivity index (χ4n) is 2.55. The highest BCUT2D eigenvalue weighted by Crippen LogP contribution is 2.33. The molecule has 1 atom stereocenters. The first kappa shape index (κ1) is 12.0. The van der Waals surface area contributed by atoms with E-state index >= 15 is 0 Å². The van der Waals surface area contributed by atoms with Gasteiger partial charge in [0.1, 0.15) is 0 Å². The monoisotopic (exact) mass is 287 g/mol. The minimum absolute atomic E-state index is 0.137. The Balaban J connectivity index is 2.09. The number of nitrogens with two attached hydrogens (primary N) is 1. The molecule has 90 valence electrons. The lowest BCUT2D eigenvalue weighted by atomic mass is 9.97. The summed E-state index contributed by atoms with van der Waals surface area (Å²) in [5, 5.41) is 7.98. The Morgan fingerprint density at radius 3 is 2.75 bits per heavy atom. The van der Waals surface area contributed by atoms with Gasteiger partial charge in [0.25, 0.3) is 0 Å². The smallest absolute Gasteiger partial charge is 0.153 e. The van der Waals surface area contributed by atoms with Crippen molar-refractivity contribution in [3.63, 3.8) is 0 Å². The molecule has 1 fully saturated rings. The number of aryl methyl sites for hydroxylation is 1. The van der Waals surface area contributed by atoms with Crippen LogP contribution in [0, 0.1) is 5.92 Å². The number of rotatable bonds is 4. The van der Waals surface area contributed by atoms with Crippen molar-refractivity contribution in [2.24, 2.45) is 18.8 Å². The zero-order chi connectivity index (χ0) is 11.5. The predicted molar refractivity (Wildman–Crippen MR) is 65.3 cm³/mol. The fraction of sp³-hybridized carbons (Fsp3) is 0.800. The predicted octanol–water partition coefficient (Wildman–Crippen LogP) is 1.66.